The van der Waals surface area contributed by atoms with Gasteiger partial charge in [-0.3, -0.25) is 0 Å². The molecule has 0 unspecified atom stereocenters. The van der Waals surface area contributed by atoms with Crippen molar-refractivity contribution < 1.29 is 5.11 Å². The molecule has 5 N–H and O–H groups in total. The van der Waals surface area contributed by atoms with Gasteiger partial charge in [-0.05, 0) is 12.1 Å². The van der Waals surface area contributed by atoms with Gasteiger partial charge in [0.05, 0.1) is 11.2 Å². The van der Waals surface area contributed by atoms with Crippen LogP contribution < -0.4 is 11.5 Å². The summed E-state index contributed by atoms with van der Waals surface area (Å²) in [5.41, 5.74) is 10.6. The number of phenols is 1. The van der Waals surface area contributed by atoms with E-state index in [4.69, 9.17) is 34.7 Å². The molecular formula is C8H8Cl2N4O. The fourth-order valence-electron chi connectivity index (χ4n) is 0.812. The van der Waals surface area contributed by atoms with E-state index in [1.807, 2.05) is 0 Å². The Balaban J connectivity index is 3.02. The number of hydrogen-bond donors (Lipinski definition) is 3. The van der Waals surface area contributed by atoms with Gasteiger partial charge in [-0.15, -0.1) is 5.10 Å². The summed E-state index contributed by atoms with van der Waals surface area (Å²) in [6, 6.07) is 2.93. The predicted octanol–water partition coefficient (Wildman–Crippen LogP) is 1.31. The fourth-order valence-corrected chi connectivity index (χ4v) is 1.19. The number of benzene rings is 1. The third-order valence-corrected chi connectivity index (χ3v) is 2.35. The first-order valence-corrected chi connectivity index (χ1v) is 4.57. The highest BCUT2D eigenvalue weighted by molar-refractivity contribution is 6.44. The van der Waals surface area contributed by atoms with Gasteiger partial charge < -0.3 is 16.6 Å². The molecule has 7 heteroatoms. The van der Waals surface area contributed by atoms with Gasteiger partial charge in [-0.1, -0.05) is 23.2 Å². The van der Waals surface area contributed by atoms with E-state index in [0.29, 0.717) is 5.56 Å². The largest absolute Gasteiger partial charge is 0.506 e. The number of hydrogen-bond acceptors (Lipinski definition) is 3. The summed E-state index contributed by atoms with van der Waals surface area (Å²) in [4.78, 5) is 0. The van der Waals surface area contributed by atoms with Crippen molar-refractivity contribution in [1.82, 2.24) is 0 Å². The lowest BCUT2D eigenvalue weighted by Crippen LogP contribution is -2.21. The van der Waals surface area contributed by atoms with Gasteiger partial charge >= 0.3 is 0 Å². The molecule has 0 radical (unpaired) electrons. The minimum atomic E-state index is -0.160. The summed E-state index contributed by atoms with van der Waals surface area (Å²) >= 11 is 11.5. The van der Waals surface area contributed by atoms with Crippen molar-refractivity contribution in [2.24, 2.45) is 21.7 Å². The standard InChI is InChI=1S/C8H8Cl2N4O/c9-6-4(3-13-14-8(11)12)1-2-5(15)7(6)10/h1-3,15H,(H4,11,12,14). The smallest absolute Gasteiger partial charge is 0.211 e. The number of guanidine groups is 1. The molecule has 0 fully saturated rings. The normalized spacial score (nSPS) is 10.5. The highest BCUT2D eigenvalue weighted by Gasteiger charge is 2.07. The lowest BCUT2D eigenvalue weighted by molar-refractivity contribution is 0.475. The molecule has 0 aliphatic carbocycles. The Kier molecular flexibility index (Phi) is 3.76. The van der Waals surface area contributed by atoms with Crippen molar-refractivity contribution in [3.05, 3.63) is 27.7 Å². The van der Waals surface area contributed by atoms with E-state index in [0.717, 1.165) is 0 Å². The zero-order valence-corrected chi connectivity index (χ0v) is 9.00. The second kappa shape index (κ2) is 4.86. The molecule has 0 saturated carbocycles. The van der Waals surface area contributed by atoms with E-state index in [-0.39, 0.29) is 21.8 Å². The summed E-state index contributed by atoms with van der Waals surface area (Å²) in [6.45, 7) is 0. The average Bonchev–Trinajstić information content (AvgIpc) is 2.18. The van der Waals surface area contributed by atoms with Gasteiger partial charge in [-0.25, -0.2) is 0 Å². The molecule has 5 nitrogen and oxygen atoms in total. The number of rotatable bonds is 2. The Hall–Kier alpha value is -1.46. The third-order valence-electron chi connectivity index (χ3n) is 1.46. The van der Waals surface area contributed by atoms with Crippen molar-refractivity contribution in [3.8, 4) is 5.75 Å². The van der Waals surface area contributed by atoms with Crippen LogP contribution in [0.2, 0.25) is 10.0 Å². The van der Waals surface area contributed by atoms with Crippen LogP contribution in [0.25, 0.3) is 0 Å². The molecule has 1 rings (SSSR count). The van der Waals surface area contributed by atoms with E-state index in [9.17, 15) is 5.11 Å². The van der Waals surface area contributed by atoms with E-state index >= 15 is 0 Å². The summed E-state index contributed by atoms with van der Waals surface area (Å²) < 4.78 is 0. The molecule has 80 valence electrons. The molecule has 15 heavy (non-hydrogen) atoms. The topological polar surface area (TPSA) is 97.0 Å². The van der Waals surface area contributed by atoms with E-state index in [2.05, 4.69) is 10.2 Å². The quantitative estimate of drug-likeness (QED) is 0.417. The lowest BCUT2D eigenvalue weighted by Gasteiger charge is -2.01. The van der Waals surface area contributed by atoms with Crippen molar-refractivity contribution >= 4 is 35.4 Å². The van der Waals surface area contributed by atoms with Gasteiger partial charge in [0, 0.05) is 5.56 Å². The highest BCUT2D eigenvalue weighted by Crippen LogP contribution is 2.32. The van der Waals surface area contributed by atoms with Crippen LogP contribution in [0.5, 0.6) is 5.75 Å². The first-order chi connectivity index (χ1) is 7.02. The monoisotopic (exact) mass is 246 g/mol. The van der Waals surface area contributed by atoms with Gasteiger partial charge in [0.1, 0.15) is 10.8 Å². The lowest BCUT2D eigenvalue weighted by atomic mass is 10.2. The van der Waals surface area contributed by atoms with Crippen LogP contribution in [0.3, 0.4) is 0 Å². The Morgan fingerprint density at radius 2 is 1.93 bits per heavy atom. The maximum atomic E-state index is 9.21. The van der Waals surface area contributed by atoms with E-state index in [1.54, 1.807) is 0 Å². The summed E-state index contributed by atoms with van der Waals surface area (Å²) in [5, 5.41) is 16.4. The van der Waals surface area contributed by atoms with E-state index < -0.39 is 0 Å². The first kappa shape index (κ1) is 11.6. The zero-order valence-electron chi connectivity index (χ0n) is 7.48. The molecule has 0 amide bonds. The van der Waals surface area contributed by atoms with Crippen LogP contribution in [0.4, 0.5) is 0 Å². The summed E-state index contributed by atoms with van der Waals surface area (Å²) in [7, 11) is 0. The average molecular weight is 247 g/mol. The van der Waals surface area contributed by atoms with Crippen LogP contribution in [0.15, 0.2) is 22.3 Å². The molecule has 0 bridgehead atoms. The molecule has 0 saturated heterocycles. The van der Waals surface area contributed by atoms with Gasteiger partial charge in [0.2, 0.25) is 5.96 Å². The van der Waals surface area contributed by atoms with Crippen LogP contribution in [-0.4, -0.2) is 17.3 Å². The second-order valence-electron chi connectivity index (χ2n) is 2.57. The molecule has 0 heterocycles. The van der Waals surface area contributed by atoms with E-state index in [1.165, 1.54) is 18.3 Å². The maximum Gasteiger partial charge on any atom is 0.211 e. The summed E-state index contributed by atoms with van der Waals surface area (Å²) in [6.07, 6.45) is 1.33. The Labute approximate surface area is 96.0 Å². The minimum absolute atomic E-state index is 0.0605. The third kappa shape index (κ3) is 3.00. The number of nitrogens with two attached hydrogens (primary N) is 2. The second-order valence-corrected chi connectivity index (χ2v) is 3.33. The van der Waals surface area contributed by atoms with Crippen LogP contribution in [-0.2, 0) is 0 Å². The Morgan fingerprint density at radius 1 is 1.27 bits per heavy atom. The minimum Gasteiger partial charge on any atom is -0.506 e. The number of aromatic hydroxyl groups is 1. The van der Waals surface area contributed by atoms with Gasteiger partial charge in [-0.2, -0.15) is 5.10 Å². The Morgan fingerprint density at radius 3 is 2.53 bits per heavy atom. The SMILES string of the molecule is NC(N)=NN=Cc1ccc(O)c(Cl)c1Cl. The van der Waals surface area contributed by atoms with Crippen molar-refractivity contribution in [1.29, 1.82) is 0 Å². The molecule has 0 aromatic heterocycles. The number of halogens is 2. The van der Waals surface area contributed by atoms with Gasteiger partial charge in [0.25, 0.3) is 0 Å². The zero-order chi connectivity index (χ0) is 11.4. The molecule has 0 spiro atoms. The highest BCUT2D eigenvalue weighted by atomic mass is 35.5. The van der Waals surface area contributed by atoms with Crippen molar-refractivity contribution in [3.63, 3.8) is 0 Å². The molecular weight excluding hydrogens is 239 g/mol. The molecule has 0 aliphatic heterocycles. The molecule has 0 aliphatic rings. The number of nitrogens with zero attached hydrogens (tertiary/aromatic N) is 2. The molecule has 1 aromatic rings. The van der Waals surface area contributed by atoms with Crippen molar-refractivity contribution in [2.45, 2.75) is 0 Å². The van der Waals surface area contributed by atoms with Gasteiger partial charge in [0.15, 0.2) is 0 Å². The van der Waals surface area contributed by atoms with Crippen LogP contribution in [0, 0.1) is 0 Å². The maximum absolute atomic E-state index is 9.21. The fraction of sp³-hybridized carbons (Fsp3) is 0. The molecule has 1 aromatic carbocycles. The summed E-state index contributed by atoms with van der Waals surface area (Å²) in [5.74, 6) is -0.257. The molecule has 0 atom stereocenters. The first-order valence-electron chi connectivity index (χ1n) is 3.81. The number of phenolic OH excluding ortho intramolecular Hbond substituents is 1. The van der Waals surface area contributed by atoms with Crippen molar-refractivity contribution in [2.75, 3.05) is 0 Å². The van der Waals surface area contributed by atoms with Crippen LogP contribution in [0.1, 0.15) is 5.56 Å². The Bertz CT molecular complexity index is 427. The predicted molar refractivity (Wildman–Crippen MR) is 61.5 cm³/mol. The van der Waals surface area contributed by atoms with Crippen LogP contribution >= 0.6 is 23.2 Å².